The average molecular weight is 308 g/mol. The molecule has 0 aliphatic heterocycles. The molecule has 3 nitrogen and oxygen atoms in total. The number of carbonyl (C=O) groups excluding carboxylic acids is 1. The van der Waals surface area contributed by atoms with Gasteiger partial charge in [0.2, 0.25) is 5.91 Å². The highest BCUT2D eigenvalue weighted by Crippen LogP contribution is 2.57. The van der Waals surface area contributed by atoms with Gasteiger partial charge in [-0.05, 0) is 95.7 Å². The molecule has 4 aliphatic rings. The fourth-order valence-electron chi connectivity index (χ4n) is 5.05. The highest BCUT2D eigenvalue weighted by Gasteiger charge is 2.51. The van der Waals surface area contributed by atoms with Gasteiger partial charge in [-0.2, -0.15) is 0 Å². The first-order valence-corrected chi connectivity index (χ1v) is 8.80. The minimum Gasteiger partial charge on any atom is -0.358 e. The topological polar surface area (TPSA) is 41.1 Å². The van der Waals surface area contributed by atoms with E-state index >= 15 is 0 Å². The summed E-state index contributed by atoms with van der Waals surface area (Å²) in [4.78, 5) is 12.9. The van der Waals surface area contributed by atoms with E-state index in [-0.39, 0.29) is 16.9 Å². The Morgan fingerprint density at radius 3 is 2.24 bits per heavy atom. The molecular weight excluding hydrogens is 280 g/mol. The van der Waals surface area contributed by atoms with Gasteiger partial charge in [-0.1, -0.05) is 0 Å². The molecule has 21 heavy (non-hydrogen) atoms. The number of carbonyl (C=O) groups is 1. The SMILES string of the molecule is CC(C)(C)NC(=S)NC(=O)C12CCC3C[C@H](C[C@H](C3)C1)C2. The molecule has 4 fully saturated rings. The lowest BCUT2D eigenvalue weighted by Gasteiger charge is -2.44. The van der Waals surface area contributed by atoms with Gasteiger partial charge >= 0.3 is 0 Å². The van der Waals surface area contributed by atoms with E-state index in [4.69, 9.17) is 12.2 Å². The van der Waals surface area contributed by atoms with E-state index in [2.05, 4.69) is 31.4 Å². The monoisotopic (exact) mass is 308 g/mol. The van der Waals surface area contributed by atoms with Crippen molar-refractivity contribution in [2.45, 2.75) is 71.3 Å². The zero-order valence-electron chi connectivity index (χ0n) is 13.5. The lowest BCUT2D eigenvalue weighted by atomic mass is 9.61. The zero-order chi connectivity index (χ0) is 15.3. The molecule has 4 rings (SSSR count). The molecule has 0 radical (unpaired) electrons. The fraction of sp³-hybridized carbons (Fsp3) is 0.882. The maximum atomic E-state index is 12.9. The van der Waals surface area contributed by atoms with Crippen LogP contribution < -0.4 is 10.6 Å². The third-order valence-electron chi connectivity index (χ3n) is 5.59. The molecule has 118 valence electrons. The summed E-state index contributed by atoms with van der Waals surface area (Å²) >= 11 is 5.32. The summed E-state index contributed by atoms with van der Waals surface area (Å²) in [6.07, 6.45) is 8.55. The molecule has 0 aromatic rings. The first-order chi connectivity index (χ1) is 9.76. The molecule has 2 unspecified atom stereocenters. The molecule has 4 heteroatoms. The number of rotatable bonds is 1. The van der Waals surface area contributed by atoms with Crippen LogP contribution in [0.25, 0.3) is 0 Å². The summed E-state index contributed by atoms with van der Waals surface area (Å²) < 4.78 is 0. The van der Waals surface area contributed by atoms with Gasteiger partial charge in [0, 0.05) is 5.54 Å². The summed E-state index contributed by atoms with van der Waals surface area (Å²) in [7, 11) is 0. The normalized spacial score (nSPS) is 38.0. The fourth-order valence-corrected chi connectivity index (χ4v) is 5.45. The van der Waals surface area contributed by atoms with Gasteiger partial charge in [-0.15, -0.1) is 0 Å². The van der Waals surface area contributed by atoms with Gasteiger partial charge in [0.15, 0.2) is 5.11 Å². The molecule has 0 saturated heterocycles. The molecular formula is C17H28N2OS. The second-order valence-electron chi connectivity index (χ2n) is 8.69. The minimum absolute atomic E-state index is 0.109. The highest BCUT2D eigenvalue weighted by atomic mass is 32.1. The molecule has 4 bridgehead atoms. The number of nitrogens with one attached hydrogen (secondary N) is 2. The lowest BCUT2D eigenvalue weighted by molar-refractivity contribution is -0.134. The van der Waals surface area contributed by atoms with Crippen LogP contribution in [-0.4, -0.2) is 16.6 Å². The Balaban J connectivity index is 1.70. The standard InChI is InChI=1S/C17H28N2OS/c1-16(2,3)19-15(21)18-14(20)17-5-4-11-6-12(9-17)8-13(7-11)10-17/h11-13H,4-10H2,1-3H3,(H2,18,19,20,21)/t11?,12-,13+,17?. The lowest BCUT2D eigenvalue weighted by Crippen LogP contribution is -2.53. The van der Waals surface area contributed by atoms with Crippen LogP contribution in [0, 0.1) is 23.2 Å². The van der Waals surface area contributed by atoms with Crippen LogP contribution in [0.2, 0.25) is 0 Å². The van der Waals surface area contributed by atoms with Crippen molar-refractivity contribution in [3.63, 3.8) is 0 Å². The van der Waals surface area contributed by atoms with Crippen molar-refractivity contribution in [3.05, 3.63) is 0 Å². The third-order valence-corrected chi connectivity index (χ3v) is 5.79. The van der Waals surface area contributed by atoms with E-state index in [1.54, 1.807) is 0 Å². The summed E-state index contributed by atoms with van der Waals surface area (Å²) in [6.45, 7) is 6.17. The molecule has 2 N–H and O–H groups in total. The van der Waals surface area contributed by atoms with E-state index in [0.717, 1.165) is 37.0 Å². The molecule has 1 amide bonds. The van der Waals surface area contributed by atoms with Crippen LogP contribution in [0.1, 0.15) is 65.7 Å². The first-order valence-electron chi connectivity index (χ1n) is 8.39. The summed E-state index contributed by atoms with van der Waals surface area (Å²) in [5.41, 5.74) is -0.245. The first kappa shape index (κ1) is 15.3. The number of thiocarbonyl (C=S) groups is 1. The van der Waals surface area contributed by atoms with Gasteiger partial charge in [0.05, 0.1) is 5.41 Å². The minimum atomic E-state index is -0.136. The van der Waals surface area contributed by atoms with Crippen LogP contribution in [0.5, 0.6) is 0 Å². The van der Waals surface area contributed by atoms with E-state index < -0.39 is 0 Å². The molecule has 0 aromatic carbocycles. The molecule has 4 atom stereocenters. The number of hydrogen-bond donors (Lipinski definition) is 2. The highest BCUT2D eigenvalue weighted by molar-refractivity contribution is 7.80. The molecule has 4 aliphatic carbocycles. The van der Waals surface area contributed by atoms with E-state index in [1.165, 1.54) is 25.7 Å². The number of hydrogen-bond acceptors (Lipinski definition) is 2. The zero-order valence-corrected chi connectivity index (χ0v) is 14.3. The Morgan fingerprint density at radius 2 is 1.67 bits per heavy atom. The Kier molecular flexibility index (Phi) is 3.79. The van der Waals surface area contributed by atoms with Crippen LogP contribution in [0.4, 0.5) is 0 Å². The Labute approximate surface area is 133 Å². The van der Waals surface area contributed by atoms with Crippen molar-refractivity contribution >= 4 is 23.2 Å². The third kappa shape index (κ3) is 3.25. The van der Waals surface area contributed by atoms with Crippen molar-refractivity contribution in [1.29, 1.82) is 0 Å². The molecule has 0 spiro atoms. The van der Waals surface area contributed by atoms with Crippen LogP contribution >= 0.6 is 12.2 Å². The maximum Gasteiger partial charge on any atom is 0.232 e. The number of amides is 1. The van der Waals surface area contributed by atoms with Crippen molar-refractivity contribution < 1.29 is 4.79 Å². The average Bonchev–Trinajstić information content (AvgIpc) is 2.52. The number of fused-ring (bicyclic) bond motifs is 1. The Hall–Kier alpha value is -0.640. The summed E-state index contributed by atoms with van der Waals surface area (Å²) in [5.74, 6) is 2.62. The van der Waals surface area contributed by atoms with Crippen LogP contribution in [0.15, 0.2) is 0 Å². The Morgan fingerprint density at radius 1 is 1.10 bits per heavy atom. The largest absolute Gasteiger partial charge is 0.358 e. The van der Waals surface area contributed by atoms with Gasteiger partial charge in [0.25, 0.3) is 0 Å². The smallest absolute Gasteiger partial charge is 0.232 e. The van der Waals surface area contributed by atoms with E-state index in [9.17, 15) is 4.79 Å². The predicted octanol–water partition coefficient (Wildman–Crippen LogP) is 3.38. The molecule has 0 heterocycles. The molecule has 4 saturated carbocycles. The van der Waals surface area contributed by atoms with Crippen molar-refractivity contribution in [1.82, 2.24) is 10.6 Å². The van der Waals surface area contributed by atoms with Gasteiger partial charge in [-0.25, -0.2) is 0 Å². The molecule has 0 aromatic heterocycles. The van der Waals surface area contributed by atoms with Crippen molar-refractivity contribution in [2.75, 3.05) is 0 Å². The van der Waals surface area contributed by atoms with Gasteiger partial charge in [-0.3, -0.25) is 4.79 Å². The van der Waals surface area contributed by atoms with Gasteiger partial charge < -0.3 is 10.6 Å². The second kappa shape index (κ2) is 5.22. The second-order valence-corrected chi connectivity index (χ2v) is 9.10. The predicted molar refractivity (Wildman–Crippen MR) is 88.9 cm³/mol. The van der Waals surface area contributed by atoms with Crippen LogP contribution in [0.3, 0.4) is 0 Å². The van der Waals surface area contributed by atoms with Crippen LogP contribution in [-0.2, 0) is 4.79 Å². The Bertz CT molecular complexity index is 440. The quantitative estimate of drug-likeness (QED) is 0.730. The van der Waals surface area contributed by atoms with E-state index in [1.807, 2.05) is 0 Å². The van der Waals surface area contributed by atoms with E-state index in [0.29, 0.717) is 5.11 Å². The summed E-state index contributed by atoms with van der Waals surface area (Å²) in [5, 5.41) is 6.68. The summed E-state index contributed by atoms with van der Waals surface area (Å²) in [6, 6.07) is 0. The van der Waals surface area contributed by atoms with Crippen molar-refractivity contribution in [3.8, 4) is 0 Å². The van der Waals surface area contributed by atoms with Gasteiger partial charge in [0.1, 0.15) is 0 Å². The maximum absolute atomic E-state index is 12.9. The van der Waals surface area contributed by atoms with Crippen molar-refractivity contribution in [2.24, 2.45) is 23.2 Å².